The molecule has 0 saturated carbocycles. The number of phenols is 2. The van der Waals surface area contributed by atoms with E-state index in [4.69, 9.17) is 5.73 Å². The smallest absolute Gasteiger partial charge is 0.294 e. The fraction of sp³-hybridized carbons (Fsp3) is 0.400. The van der Waals surface area contributed by atoms with E-state index in [1.54, 1.807) is 4.90 Å². The first kappa shape index (κ1) is 36.8. The van der Waals surface area contributed by atoms with Crippen molar-refractivity contribution in [1.82, 2.24) is 36.0 Å². The Bertz CT molecular complexity index is 1480. The molecule has 2 aliphatic heterocycles. The number of carbonyl (C=O) groups is 8. The highest BCUT2D eigenvalue weighted by atomic mass is 16.3. The second-order valence-electron chi connectivity index (χ2n) is 10.8. The van der Waals surface area contributed by atoms with Gasteiger partial charge in [0.1, 0.15) is 11.8 Å². The molecule has 0 spiro atoms. The van der Waals surface area contributed by atoms with Gasteiger partial charge in [-0.05, 0) is 24.3 Å². The number of benzene rings is 1. The zero-order valence-electron chi connectivity index (χ0n) is 26.4. The summed E-state index contributed by atoms with van der Waals surface area (Å²) in [6, 6.07) is 2.33. The van der Waals surface area contributed by atoms with Crippen LogP contribution < -0.4 is 27.0 Å². The SMILES string of the molecule is CN1C=CC(C(=O)NCCN(CCNC(=O)c2ccc(C(=O)NCCN)c(O)c2O)CCNC(=O)C2C=CN(C)C(=O)C2=O)C(=O)C1=O. The van der Waals surface area contributed by atoms with E-state index in [1.807, 2.05) is 0 Å². The molecule has 2 atom stereocenters. The normalized spacial score (nSPS) is 17.5. The zero-order valence-corrected chi connectivity index (χ0v) is 26.4. The van der Waals surface area contributed by atoms with Gasteiger partial charge in [-0.25, -0.2) is 0 Å². The molecule has 2 unspecified atom stereocenters. The summed E-state index contributed by atoms with van der Waals surface area (Å²) in [5.74, 6) is -10.4. The van der Waals surface area contributed by atoms with E-state index < -0.39 is 70.3 Å². The van der Waals surface area contributed by atoms with Gasteiger partial charge in [-0.1, -0.05) is 0 Å². The maximum atomic E-state index is 12.8. The van der Waals surface area contributed by atoms with Crippen molar-refractivity contribution in [2.24, 2.45) is 17.6 Å². The number of amides is 6. The minimum atomic E-state index is -1.29. The summed E-state index contributed by atoms with van der Waals surface area (Å²) < 4.78 is 0. The molecule has 1 aromatic carbocycles. The lowest BCUT2D eigenvalue weighted by molar-refractivity contribution is -0.147. The van der Waals surface area contributed by atoms with Crippen LogP contribution in [0, 0.1) is 11.8 Å². The Morgan fingerprint density at radius 1 is 0.688 bits per heavy atom. The van der Waals surface area contributed by atoms with Crippen LogP contribution in [0.25, 0.3) is 0 Å². The summed E-state index contributed by atoms with van der Waals surface area (Å²) in [5.41, 5.74) is 4.79. The third-order valence-corrected chi connectivity index (χ3v) is 7.43. The first-order valence-corrected chi connectivity index (χ1v) is 14.9. The molecular weight excluding hydrogens is 632 g/mol. The first-order valence-electron chi connectivity index (χ1n) is 14.9. The third-order valence-electron chi connectivity index (χ3n) is 7.43. The molecule has 2 aliphatic rings. The molecule has 0 fully saturated rings. The molecule has 18 heteroatoms. The van der Waals surface area contributed by atoms with Gasteiger partial charge in [-0.15, -0.1) is 0 Å². The van der Waals surface area contributed by atoms with Gasteiger partial charge < -0.3 is 47.0 Å². The van der Waals surface area contributed by atoms with Gasteiger partial charge in [0.15, 0.2) is 11.5 Å². The second kappa shape index (κ2) is 16.8. The Morgan fingerprint density at radius 3 is 1.46 bits per heavy atom. The number of carbonyl (C=O) groups excluding carboxylic acids is 8. The number of hydrogen-bond acceptors (Lipinski definition) is 12. The molecule has 0 radical (unpaired) electrons. The van der Waals surface area contributed by atoms with Crippen LogP contribution in [-0.4, -0.2) is 138 Å². The molecule has 258 valence electrons. The molecule has 1 aromatic rings. The Kier molecular flexibility index (Phi) is 12.9. The highest BCUT2D eigenvalue weighted by Gasteiger charge is 2.35. The maximum Gasteiger partial charge on any atom is 0.294 e. The number of nitrogens with zero attached hydrogens (tertiary/aromatic N) is 3. The summed E-state index contributed by atoms with van der Waals surface area (Å²) in [6.07, 6.45) is 5.26. The van der Waals surface area contributed by atoms with Crippen molar-refractivity contribution in [3.63, 3.8) is 0 Å². The highest BCUT2D eigenvalue weighted by Crippen LogP contribution is 2.32. The van der Waals surface area contributed by atoms with Crippen LogP contribution in [0.2, 0.25) is 0 Å². The number of Topliss-reactive ketones (excluding diaryl/α,β-unsaturated/α-hetero) is 2. The number of ketones is 2. The molecule has 2 heterocycles. The van der Waals surface area contributed by atoms with E-state index in [0.29, 0.717) is 0 Å². The van der Waals surface area contributed by atoms with Gasteiger partial charge >= 0.3 is 0 Å². The molecule has 3 rings (SSSR count). The molecule has 6 amide bonds. The van der Waals surface area contributed by atoms with Crippen LogP contribution in [0.5, 0.6) is 11.5 Å². The summed E-state index contributed by atoms with van der Waals surface area (Å²) in [5, 5.41) is 30.8. The topological polar surface area (TPSA) is 261 Å². The second-order valence-corrected chi connectivity index (χ2v) is 10.8. The van der Waals surface area contributed by atoms with Gasteiger partial charge in [0.05, 0.1) is 11.1 Å². The largest absolute Gasteiger partial charge is 0.504 e. The lowest BCUT2D eigenvalue weighted by Crippen LogP contribution is -2.48. The molecule has 8 N–H and O–H groups in total. The van der Waals surface area contributed by atoms with Crippen molar-refractivity contribution in [3.8, 4) is 11.5 Å². The monoisotopic (exact) mass is 670 g/mol. The van der Waals surface area contributed by atoms with E-state index in [9.17, 15) is 48.6 Å². The number of rotatable bonds is 15. The van der Waals surface area contributed by atoms with E-state index in [2.05, 4.69) is 21.3 Å². The zero-order chi connectivity index (χ0) is 35.5. The van der Waals surface area contributed by atoms with E-state index in [0.717, 1.165) is 15.9 Å². The van der Waals surface area contributed by atoms with E-state index in [1.165, 1.54) is 44.7 Å². The molecule has 18 nitrogen and oxygen atoms in total. The van der Waals surface area contributed by atoms with Crippen molar-refractivity contribution in [2.75, 3.05) is 66.5 Å². The quantitative estimate of drug-likeness (QED) is 0.0542. The Balaban J connectivity index is 1.61. The Labute approximate surface area is 274 Å². The highest BCUT2D eigenvalue weighted by molar-refractivity contribution is 6.42. The van der Waals surface area contributed by atoms with Crippen molar-refractivity contribution >= 4 is 47.0 Å². The lowest BCUT2D eigenvalue weighted by Gasteiger charge is -2.25. The van der Waals surface area contributed by atoms with Crippen molar-refractivity contribution in [3.05, 3.63) is 47.8 Å². The van der Waals surface area contributed by atoms with Gasteiger partial charge in [0, 0.05) is 78.9 Å². The third kappa shape index (κ3) is 9.01. The van der Waals surface area contributed by atoms with E-state index in [-0.39, 0.29) is 63.5 Å². The summed E-state index contributed by atoms with van der Waals surface area (Å²) in [7, 11) is 2.78. The summed E-state index contributed by atoms with van der Waals surface area (Å²) in [6.45, 7) is 0.730. The van der Waals surface area contributed by atoms with Crippen LogP contribution in [0.3, 0.4) is 0 Å². The van der Waals surface area contributed by atoms with Gasteiger partial charge in [0.25, 0.3) is 23.6 Å². The van der Waals surface area contributed by atoms with Crippen molar-refractivity contribution in [2.45, 2.75) is 0 Å². The van der Waals surface area contributed by atoms with Gasteiger partial charge in [-0.3, -0.25) is 43.3 Å². The van der Waals surface area contributed by atoms with Crippen molar-refractivity contribution < 1.29 is 48.6 Å². The van der Waals surface area contributed by atoms with Gasteiger partial charge in [-0.2, -0.15) is 0 Å². The summed E-state index contributed by atoms with van der Waals surface area (Å²) >= 11 is 0. The van der Waals surface area contributed by atoms with E-state index >= 15 is 0 Å². The average molecular weight is 671 g/mol. The first-order chi connectivity index (χ1) is 22.8. The molecule has 0 aromatic heterocycles. The average Bonchev–Trinajstić information content (AvgIpc) is 3.05. The van der Waals surface area contributed by atoms with Crippen LogP contribution >= 0.6 is 0 Å². The molecule has 0 aliphatic carbocycles. The predicted octanol–water partition coefficient (Wildman–Crippen LogP) is -3.61. The molecule has 48 heavy (non-hydrogen) atoms. The molecule has 0 bridgehead atoms. The minimum absolute atomic E-state index is 0.00933. The number of likely N-dealkylation sites (N-methyl/N-ethyl adjacent to an activating group) is 2. The molecular formula is C30H38N8O10. The molecule has 0 saturated heterocycles. The minimum Gasteiger partial charge on any atom is -0.504 e. The van der Waals surface area contributed by atoms with Crippen LogP contribution in [-0.2, 0) is 28.8 Å². The maximum absolute atomic E-state index is 12.8. The van der Waals surface area contributed by atoms with Crippen molar-refractivity contribution in [1.29, 1.82) is 0 Å². The number of nitrogens with two attached hydrogens (primary N) is 1. The lowest BCUT2D eigenvalue weighted by atomic mass is 9.99. The van der Waals surface area contributed by atoms with Crippen LogP contribution in [0.4, 0.5) is 0 Å². The number of phenolic OH excluding ortho intramolecular Hbond substituents is 2. The number of nitrogens with one attached hydrogen (secondary N) is 4. The fourth-order valence-electron chi connectivity index (χ4n) is 4.65. The Morgan fingerprint density at radius 2 is 1.06 bits per heavy atom. The van der Waals surface area contributed by atoms with Crippen LogP contribution in [0.1, 0.15) is 20.7 Å². The fourth-order valence-corrected chi connectivity index (χ4v) is 4.65. The van der Waals surface area contributed by atoms with Gasteiger partial charge in [0.2, 0.25) is 23.4 Å². The predicted molar refractivity (Wildman–Crippen MR) is 167 cm³/mol. The standard InChI is InChI=1S/C30H38N8O10/c1-36-12-5-19(23(41)29(36)47)27(45)34-10-15-38(16-11-35-28(46)20-6-13-37(2)30(48)24(20)42)14-9-33-26(44)18-4-3-17(21(39)22(18)40)25(43)32-8-7-31/h3-6,12-13,19-20,39-40H,7-11,14-16,31H2,1-2H3,(H,32,43)(H,33,44)(H,34,45)(H,35,46). The summed E-state index contributed by atoms with van der Waals surface area (Å²) in [4.78, 5) is 102. The Hall–Kier alpha value is -5.62. The number of aromatic hydroxyl groups is 2. The van der Waals surface area contributed by atoms with Crippen LogP contribution in [0.15, 0.2) is 36.7 Å². The number of hydrogen-bond donors (Lipinski definition) is 7.